The molecule has 0 atom stereocenters. The Hall–Kier alpha value is -0.541. The van der Waals surface area contributed by atoms with Crippen LogP contribution in [0.5, 0.6) is 0 Å². The van der Waals surface area contributed by atoms with E-state index in [0.29, 0.717) is 11.4 Å². The van der Waals surface area contributed by atoms with Crippen molar-refractivity contribution >= 4 is 11.4 Å². The van der Waals surface area contributed by atoms with Crippen LogP contribution in [0.25, 0.3) is 0 Å². The summed E-state index contributed by atoms with van der Waals surface area (Å²) in [5.41, 5.74) is 0.625. The van der Waals surface area contributed by atoms with Crippen LogP contribution in [0.1, 0.15) is 13.8 Å². The number of rotatable bonds is 1. The predicted molar refractivity (Wildman–Crippen MR) is 29.8 cm³/mol. The van der Waals surface area contributed by atoms with Crippen LogP contribution in [-0.4, -0.2) is 21.8 Å². The first-order valence-electron chi connectivity index (χ1n) is 2.10. The van der Waals surface area contributed by atoms with E-state index in [0.717, 1.165) is 0 Å². The van der Waals surface area contributed by atoms with Crippen molar-refractivity contribution in [2.75, 3.05) is 0 Å². The van der Waals surface area contributed by atoms with Crippen LogP contribution in [0.2, 0.25) is 0 Å². The van der Waals surface area contributed by atoms with Crippen molar-refractivity contribution in [3.05, 3.63) is 0 Å². The van der Waals surface area contributed by atoms with E-state index in [2.05, 4.69) is 10.3 Å². The Bertz CT molecular complexity index is 117. The molecule has 0 saturated carbocycles. The molecular weight excluding hydrogens is 164 g/mol. The summed E-state index contributed by atoms with van der Waals surface area (Å²) in [4.78, 5) is 0. The zero-order chi connectivity index (χ0) is 6.57. The van der Waals surface area contributed by atoms with Gasteiger partial charge in [-0.3, -0.25) is 0 Å². The number of hydrogen-bond acceptors (Lipinski definition) is 4. The summed E-state index contributed by atoms with van der Waals surface area (Å²) in [5, 5.41) is 21.6. The van der Waals surface area contributed by atoms with Crippen molar-refractivity contribution in [2.45, 2.75) is 13.8 Å². The van der Waals surface area contributed by atoms with Gasteiger partial charge in [-0.2, -0.15) is 0 Å². The fourth-order valence-electron chi connectivity index (χ4n) is 0.145. The van der Waals surface area contributed by atoms with Gasteiger partial charge in [0.25, 0.3) is 0 Å². The third-order valence-electron chi connectivity index (χ3n) is 0.824. The van der Waals surface area contributed by atoms with Gasteiger partial charge < -0.3 is 10.4 Å². The summed E-state index contributed by atoms with van der Waals surface area (Å²) in [5.74, 6) is 0. The van der Waals surface area contributed by atoms with Gasteiger partial charge >= 0.3 is 0 Å². The SMILES string of the molecule is CC(=N/O)/C(C)=N\O.[Fe]. The molecule has 0 unspecified atom stereocenters. The molecule has 0 radical (unpaired) electrons. The van der Waals surface area contributed by atoms with Gasteiger partial charge in [0.15, 0.2) is 0 Å². The number of nitrogens with zero attached hydrogens (tertiary/aromatic N) is 2. The minimum Gasteiger partial charge on any atom is -0.411 e. The van der Waals surface area contributed by atoms with Crippen LogP contribution in [0.3, 0.4) is 0 Å². The zero-order valence-electron chi connectivity index (χ0n) is 5.14. The first-order chi connectivity index (χ1) is 3.72. The molecule has 0 saturated heterocycles. The first kappa shape index (κ1) is 11.3. The quantitative estimate of drug-likeness (QED) is 0.264. The largest absolute Gasteiger partial charge is 0.411 e. The van der Waals surface area contributed by atoms with Gasteiger partial charge in [0.2, 0.25) is 0 Å². The fraction of sp³-hybridized carbons (Fsp3) is 0.500. The summed E-state index contributed by atoms with van der Waals surface area (Å²) >= 11 is 0. The van der Waals surface area contributed by atoms with Crippen molar-refractivity contribution < 1.29 is 27.5 Å². The van der Waals surface area contributed by atoms with E-state index >= 15 is 0 Å². The normalized spacial score (nSPS) is 12.7. The van der Waals surface area contributed by atoms with Gasteiger partial charge in [0, 0.05) is 17.1 Å². The molecule has 0 spiro atoms. The molecular formula is C4H8FeN2O2. The standard InChI is InChI=1S/C4H8N2O2.Fe/c1-3(5-7)4(2)6-8;/h7-8H,1-2H3;/b5-3-,6-4-;. The molecule has 0 heterocycles. The number of oxime groups is 2. The summed E-state index contributed by atoms with van der Waals surface area (Å²) < 4.78 is 0. The van der Waals surface area contributed by atoms with Crippen molar-refractivity contribution in [3.63, 3.8) is 0 Å². The van der Waals surface area contributed by atoms with Gasteiger partial charge in [-0.1, -0.05) is 10.3 Å². The molecule has 0 aliphatic rings. The van der Waals surface area contributed by atoms with E-state index in [-0.39, 0.29) is 17.1 Å². The molecule has 0 aromatic heterocycles. The average Bonchev–Trinajstić information content (AvgIpc) is 1.84. The Morgan fingerprint density at radius 3 is 1.33 bits per heavy atom. The van der Waals surface area contributed by atoms with Gasteiger partial charge in [0.05, 0.1) is 0 Å². The van der Waals surface area contributed by atoms with Crippen molar-refractivity contribution in [1.82, 2.24) is 0 Å². The molecule has 0 amide bonds. The molecule has 0 aromatic carbocycles. The van der Waals surface area contributed by atoms with Gasteiger partial charge in [-0.25, -0.2) is 0 Å². The summed E-state index contributed by atoms with van der Waals surface area (Å²) in [7, 11) is 0. The van der Waals surface area contributed by atoms with Crippen LogP contribution in [0.15, 0.2) is 10.3 Å². The molecule has 0 bridgehead atoms. The minimum atomic E-state index is 0. The maximum Gasteiger partial charge on any atom is 0.101 e. The monoisotopic (exact) mass is 172 g/mol. The predicted octanol–water partition coefficient (Wildman–Crippen LogP) is 0.684. The molecule has 54 valence electrons. The summed E-state index contributed by atoms with van der Waals surface area (Å²) in [6, 6.07) is 0. The summed E-state index contributed by atoms with van der Waals surface area (Å²) in [6.07, 6.45) is 0. The average molecular weight is 172 g/mol. The van der Waals surface area contributed by atoms with Crippen LogP contribution in [-0.2, 0) is 17.1 Å². The van der Waals surface area contributed by atoms with E-state index in [9.17, 15) is 0 Å². The smallest absolute Gasteiger partial charge is 0.101 e. The van der Waals surface area contributed by atoms with E-state index in [4.69, 9.17) is 10.4 Å². The molecule has 2 N–H and O–H groups in total. The van der Waals surface area contributed by atoms with Crippen LogP contribution in [0, 0.1) is 0 Å². The molecule has 0 fully saturated rings. The van der Waals surface area contributed by atoms with Crippen LogP contribution in [0.4, 0.5) is 0 Å². The third-order valence-corrected chi connectivity index (χ3v) is 0.824. The fourth-order valence-corrected chi connectivity index (χ4v) is 0.145. The molecule has 9 heavy (non-hydrogen) atoms. The Kier molecular flexibility index (Phi) is 7.01. The van der Waals surface area contributed by atoms with Gasteiger partial charge in [-0.15, -0.1) is 0 Å². The van der Waals surface area contributed by atoms with E-state index < -0.39 is 0 Å². The van der Waals surface area contributed by atoms with E-state index in [1.165, 1.54) is 13.8 Å². The van der Waals surface area contributed by atoms with Gasteiger partial charge in [-0.05, 0) is 13.8 Å². The Labute approximate surface area is 63.7 Å². The maximum atomic E-state index is 8.03. The second kappa shape index (κ2) is 5.59. The molecule has 0 aliphatic carbocycles. The Morgan fingerprint density at radius 2 is 1.22 bits per heavy atom. The Balaban J connectivity index is 0. The number of hydrogen-bond donors (Lipinski definition) is 2. The Morgan fingerprint density at radius 1 is 1.00 bits per heavy atom. The maximum absolute atomic E-state index is 8.03. The second-order valence-electron chi connectivity index (χ2n) is 1.37. The van der Waals surface area contributed by atoms with Gasteiger partial charge in [0.1, 0.15) is 11.4 Å². The van der Waals surface area contributed by atoms with E-state index in [1.54, 1.807) is 0 Å². The molecule has 5 heteroatoms. The van der Waals surface area contributed by atoms with E-state index in [1.807, 2.05) is 0 Å². The first-order valence-corrected chi connectivity index (χ1v) is 2.10. The van der Waals surface area contributed by atoms with Crippen molar-refractivity contribution in [1.29, 1.82) is 0 Å². The van der Waals surface area contributed by atoms with Crippen molar-refractivity contribution in [3.8, 4) is 0 Å². The molecule has 0 aromatic rings. The minimum absolute atomic E-state index is 0. The van der Waals surface area contributed by atoms with Crippen LogP contribution >= 0.6 is 0 Å². The molecule has 4 nitrogen and oxygen atoms in total. The van der Waals surface area contributed by atoms with Crippen LogP contribution < -0.4 is 0 Å². The van der Waals surface area contributed by atoms with Crippen molar-refractivity contribution in [2.24, 2.45) is 10.3 Å². The summed E-state index contributed by atoms with van der Waals surface area (Å²) in [6.45, 7) is 3.07. The second-order valence-corrected chi connectivity index (χ2v) is 1.37. The third kappa shape index (κ3) is 4.00. The zero-order valence-corrected chi connectivity index (χ0v) is 6.25. The molecule has 0 aliphatic heterocycles. The topological polar surface area (TPSA) is 65.2 Å². The molecule has 0 rings (SSSR count).